The molecule has 5 nitrogen and oxygen atoms in total. The molecule has 1 heterocycles. The van der Waals surface area contributed by atoms with Gasteiger partial charge in [0.05, 0.1) is 12.7 Å². The van der Waals surface area contributed by atoms with Crippen LogP contribution in [0.1, 0.15) is 258 Å². The number of imidazole rings is 1. The number of aliphatic hydroxyl groups is 1. The van der Waals surface area contributed by atoms with Gasteiger partial charge in [0.1, 0.15) is 5.82 Å². The molecule has 318 valence electrons. The lowest BCUT2D eigenvalue weighted by Crippen LogP contribution is -2.16. The summed E-state index contributed by atoms with van der Waals surface area (Å²) in [5.41, 5.74) is 0. The van der Waals surface area contributed by atoms with Crippen LogP contribution in [0.5, 0.6) is 0 Å². The zero-order chi connectivity index (χ0) is 39.2. The summed E-state index contributed by atoms with van der Waals surface area (Å²) in [6.07, 6.45) is 48.9. The molecule has 0 bridgehead atoms. The van der Waals surface area contributed by atoms with Crippen molar-refractivity contribution in [3.63, 3.8) is 0 Å². The molecule has 0 aliphatic carbocycles. The number of nitrogens with zero attached hydrogens (tertiary/aromatic N) is 2. The van der Waals surface area contributed by atoms with E-state index in [9.17, 15) is 9.90 Å². The number of carbonyl (C=O) groups excluding carboxylic acids is 1. The number of aromatic nitrogens is 2. The fourth-order valence-corrected chi connectivity index (χ4v) is 8.32. The van der Waals surface area contributed by atoms with Gasteiger partial charge in [0.15, 0.2) is 0 Å². The van der Waals surface area contributed by atoms with Gasteiger partial charge in [-0.25, -0.2) is 4.98 Å². The molecule has 0 aliphatic heterocycles. The first-order valence-electron chi connectivity index (χ1n) is 24.3. The number of esters is 1. The number of ether oxygens (including phenoxy) is 1. The van der Waals surface area contributed by atoms with Gasteiger partial charge in [-0.05, 0) is 57.3 Å². The predicted octanol–water partition coefficient (Wildman–Crippen LogP) is 15.4. The van der Waals surface area contributed by atoms with Gasteiger partial charge in [-0.2, -0.15) is 0 Å². The molecule has 5 heteroatoms. The second-order valence-electron chi connectivity index (χ2n) is 17.4. The summed E-state index contributed by atoms with van der Waals surface area (Å²) in [7, 11) is 0. The molecule has 0 spiro atoms. The standard InChI is InChI=1S/C49H94N2O3/c1-5-8-11-14-17-19-20-22-27-32-37-48(52)43-46(39-41-51-42-40-50-45(51)4)34-29-26-23-28-33-38-49(53)54-44-47(35-30-24-16-13-10-7-3)36-31-25-21-18-15-12-9-6-2/h40,42,46-48,52H,5-39,41,43-44H2,1-4H3. The van der Waals surface area contributed by atoms with E-state index in [-0.39, 0.29) is 12.1 Å². The van der Waals surface area contributed by atoms with E-state index in [1.807, 2.05) is 6.20 Å². The third-order valence-corrected chi connectivity index (χ3v) is 12.1. The zero-order valence-electron chi connectivity index (χ0n) is 36.9. The van der Waals surface area contributed by atoms with Gasteiger partial charge < -0.3 is 14.4 Å². The first-order valence-corrected chi connectivity index (χ1v) is 24.3. The van der Waals surface area contributed by atoms with E-state index in [1.54, 1.807) is 0 Å². The van der Waals surface area contributed by atoms with Crippen molar-refractivity contribution in [3.8, 4) is 0 Å². The fraction of sp³-hybridized carbons (Fsp3) is 0.918. The summed E-state index contributed by atoms with van der Waals surface area (Å²) in [6, 6.07) is 0. The number of hydrogen-bond acceptors (Lipinski definition) is 4. The molecule has 1 aromatic rings. The molecular weight excluding hydrogens is 665 g/mol. The Bertz CT molecular complexity index is 916. The Morgan fingerprint density at radius 1 is 0.574 bits per heavy atom. The van der Waals surface area contributed by atoms with Gasteiger partial charge in [0.2, 0.25) is 0 Å². The second-order valence-corrected chi connectivity index (χ2v) is 17.4. The van der Waals surface area contributed by atoms with Crippen LogP contribution in [0.2, 0.25) is 0 Å². The van der Waals surface area contributed by atoms with E-state index in [0.29, 0.717) is 24.9 Å². The van der Waals surface area contributed by atoms with Crippen LogP contribution in [0.4, 0.5) is 0 Å². The molecule has 0 saturated heterocycles. The minimum atomic E-state index is -0.176. The third-order valence-electron chi connectivity index (χ3n) is 12.1. The van der Waals surface area contributed by atoms with Crippen LogP contribution < -0.4 is 0 Å². The van der Waals surface area contributed by atoms with E-state index in [4.69, 9.17) is 4.74 Å². The first kappa shape index (κ1) is 50.7. The molecule has 1 N–H and O–H groups in total. The second kappa shape index (κ2) is 38.5. The maximum atomic E-state index is 12.7. The topological polar surface area (TPSA) is 64.3 Å². The number of aryl methyl sites for hydroxylation is 2. The molecule has 0 amide bonds. The van der Waals surface area contributed by atoms with Crippen molar-refractivity contribution in [2.24, 2.45) is 11.8 Å². The van der Waals surface area contributed by atoms with E-state index in [1.165, 1.54) is 186 Å². The van der Waals surface area contributed by atoms with Crippen molar-refractivity contribution in [1.82, 2.24) is 9.55 Å². The molecule has 0 radical (unpaired) electrons. The largest absolute Gasteiger partial charge is 0.465 e. The van der Waals surface area contributed by atoms with Gasteiger partial charge in [-0.15, -0.1) is 0 Å². The Kier molecular flexibility index (Phi) is 36.1. The Hall–Kier alpha value is -1.36. The highest BCUT2D eigenvalue weighted by atomic mass is 16.5. The predicted molar refractivity (Wildman–Crippen MR) is 234 cm³/mol. The van der Waals surface area contributed by atoms with Gasteiger partial charge in [-0.1, -0.05) is 207 Å². The molecule has 0 aliphatic rings. The number of aliphatic hydroxyl groups excluding tert-OH is 1. The lowest BCUT2D eigenvalue weighted by Gasteiger charge is -2.21. The van der Waals surface area contributed by atoms with Gasteiger partial charge in [-0.3, -0.25) is 4.79 Å². The summed E-state index contributed by atoms with van der Waals surface area (Å²) in [5.74, 6) is 2.19. The Morgan fingerprint density at radius 3 is 1.43 bits per heavy atom. The van der Waals surface area contributed by atoms with Crippen LogP contribution in [0.15, 0.2) is 12.4 Å². The lowest BCUT2D eigenvalue weighted by molar-refractivity contribution is -0.145. The molecular formula is C49H94N2O3. The summed E-state index contributed by atoms with van der Waals surface area (Å²) in [5, 5.41) is 11.0. The average Bonchev–Trinajstić information content (AvgIpc) is 3.59. The van der Waals surface area contributed by atoms with E-state index in [0.717, 1.165) is 50.9 Å². The van der Waals surface area contributed by atoms with Crippen LogP contribution in [-0.4, -0.2) is 33.3 Å². The maximum Gasteiger partial charge on any atom is 0.305 e. The van der Waals surface area contributed by atoms with Crippen LogP contribution in [0.25, 0.3) is 0 Å². The summed E-state index contributed by atoms with van der Waals surface area (Å²) >= 11 is 0. The molecule has 0 fully saturated rings. The highest BCUT2D eigenvalue weighted by molar-refractivity contribution is 5.69. The van der Waals surface area contributed by atoms with Gasteiger partial charge >= 0.3 is 5.97 Å². The van der Waals surface area contributed by atoms with Crippen LogP contribution in [0, 0.1) is 18.8 Å². The lowest BCUT2D eigenvalue weighted by atomic mass is 9.90. The van der Waals surface area contributed by atoms with Crippen molar-refractivity contribution in [2.45, 2.75) is 271 Å². The number of rotatable bonds is 42. The van der Waals surface area contributed by atoms with E-state index >= 15 is 0 Å². The Morgan fingerprint density at radius 2 is 0.981 bits per heavy atom. The smallest absolute Gasteiger partial charge is 0.305 e. The zero-order valence-corrected chi connectivity index (χ0v) is 36.9. The first-order chi connectivity index (χ1) is 26.5. The molecule has 0 aromatic carbocycles. The number of unbranched alkanes of at least 4 members (excludes halogenated alkanes) is 25. The highest BCUT2D eigenvalue weighted by Gasteiger charge is 2.16. The summed E-state index contributed by atoms with van der Waals surface area (Å²) in [6.45, 7) is 10.6. The van der Waals surface area contributed by atoms with Crippen molar-refractivity contribution < 1.29 is 14.6 Å². The van der Waals surface area contributed by atoms with E-state index < -0.39 is 0 Å². The molecule has 54 heavy (non-hydrogen) atoms. The molecule has 3 unspecified atom stereocenters. The number of hydrogen-bond donors (Lipinski definition) is 1. The van der Waals surface area contributed by atoms with Crippen molar-refractivity contribution in [2.75, 3.05) is 6.61 Å². The Balaban J connectivity index is 2.30. The average molecular weight is 759 g/mol. The highest BCUT2D eigenvalue weighted by Crippen LogP contribution is 2.25. The van der Waals surface area contributed by atoms with Crippen LogP contribution >= 0.6 is 0 Å². The van der Waals surface area contributed by atoms with Crippen LogP contribution in [-0.2, 0) is 16.1 Å². The van der Waals surface area contributed by atoms with E-state index in [2.05, 4.69) is 43.4 Å². The van der Waals surface area contributed by atoms with Gasteiger partial charge in [0, 0.05) is 25.4 Å². The van der Waals surface area contributed by atoms with Crippen molar-refractivity contribution in [1.29, 1.82) is 0 Å². The normalized spacial score (nSPS) is 13.4. The van der Waals surface area contributed by atoms with Crippen LogP contribution in [0.3, 0.4) is 0 Å². The number of carbonyl (C=O) groups is 1. The minimum absolute atomic E-state index is 0.0186. The van der Waals surface area contributed by atoms with Crippen molar-refractivity contribution >= 4 is 5.97 Å². The maximum absolute atomic E-state index is 12.7. The molecule has 1 aromatic heterocycles. The van der Waals surface area contributed by atoms with Crippen molar-refractivity contribution in [3.05, 3.63) is 18.2 Å². The fourth-order valence-electron chi connectivity index (χ4n) is 8.32. The molecule has 3 atom stereocenters. The summed E-state index contributed by atoms with van der Waals surface area (Å²) < 4.78 is 8.14. The third kappa shape index (κ3) is 31.8. The SMILES string of the molecule is CCCCCCCCCCCCC(O)CC(CCCCCCCC(=O)OCC(CCCCCCCC)CCCCCCCCCC)CCn1ccnc1C. The monoisotopic (exact) mass is 759 g/mol. The molecule has 1 rings (SSSR count). The quantitative estimate of drug-likeness (QED) is 0.0533. The minimum Gasteiger partial charge on any atom is -0.465 e. The van der Waals surface area contributed by atoms with Gasteiger partial charge in [0.25, 0.3) is 0 Å². The Labute approximate surface area is 337 Å². The molecule has 0 saturated carbocycles. The summed E-state index contributed by atoms with van der Waals surface area (Å²) in [4.78, 5) is 17.1.